The van der Waals surface area contributed by atoms with Crippen molar-refractivity contribution in [2.75, 3.05) is 0 Å². The Morgan fingerprint density at radius 2 is 1.72 bits per heavy atom. The van der Waals surface area contributed by atoms with E-state index < -0.39 is 0 Å². The molecule has 2 heterocycles. The molecule has 0 unspecified atom stereocenters. The largest absolute Gasteiger partial charge is 0.262 e. The zero-order valence-corrected chi connectivity index (χ0v) is 10.8. The van der Waals surface area contributed by atoms with E-state index in [-0.39, 0.29) is 0 Å². The summed E-state index contributed by atoms with van der Waals surface area (Å²) in [6.07, 6.45) is 3.23. The first kappa shape index (κ1) is 11.2. The van der Waals surface area contributed by atoms with Gasteiger partial charge in [-0.25, -0.2) is 0 Å². The van der Waals surface area contributed by atoms with Gasteiger partial charge in [0, 0.05) is 5.56 Å². The number of nitrogens with zero attached hydrogens (tertiary/aromatic N) is 4. The molecule has 0 saturated carbocycles. The Labute approximate surface area is 109 Å². The summed E-state index contributed by atoms with van der Waals surface area (Å²) in [6.45, 7) is 4.12. The lowest BCUT2D eigenvalue weighted by atomic mass is 10.1. The van der Waals surface area contributed by atoms with Gasteiger partial charge >= 0.3 is 0 Å². The topological polar surface area (TPSA) is 43.1 Å². The smallest absolute Gasteiger partial charge is 0.180 e. The Hall–Kier alpha value is -1.94. The van der Waals surface area contributed by atoms with E-state index >= 15 is 0 Å². The minimum absolute atomic E-state index is 0.506. The lowest BCUT2D eigenvalue weighted by Crippen LogP contribution is -1.93. The number of rotatable bonds is 1. The molecule has 3 aromatic rings. The van der Waals surface area contributed by atoms with Crippen molar-refractivity contribution in [2.45, 2.75) is 13.8 Å². The van der Waals surface area contributed by atoms with Gasteiger partial charge in [-0.15, -0.1) is 10.2 Å². The predicted molar refractivity (Wildman–Crippen MR) is 70.7 cm³/mol. The average Bonchev–Trinajstić information content (AvgIpc) is 2.73. The fraction of sp³-hybridized carbons (Fsp3) is 0.154. The molecule has 90 valence electrons. The second-order valence-corrected chi connectivity index (χ2v) is 4.71. The molecule has 0 spiro atoms. The Morgan fingerprint density at radius 3 is 2.44 bits per heavy atom. The number of hydrogen-bond acceptors (Lipinski definition) is 3. The first-order valence-electron chi connectivity index (χ1n) is 5.58. The number of halogens is 1. The standard InChI is InChI=1S/C13H11ClN4/c1-8-3-9(2)5-10(4-8)13-17-16-12-7-15-6-11(14)18(12)13/h3-7H,1-2H3. The normalized spacial score (nSPS) is 11.1. The van der Waals surface area contributed by atoms with Crippen LogP contribution in [-0.2, 0) is 0 Å². The highest BCUT2D eigenvalue weighted by molar-refractivity contribution is 6.29. The van der Waals surface area contributed by atoms with Crippen LogP contribution in [0.3, 0.4) is 0 Å². The van der Waals surface area contributed by atoms with Gasteiger partial charge in [0.1, 0.15) is 5.15 Å². The van der Waals surface area contributed by atoms with Crippen molar-refractivity contribution < 1.29 is 0 Å². The predicted octanol–water partition coefficient (Wildman–Crippen LogP) is 3.06. The summed E-state index contributed by atoms with van der Waals surface area (Å²) >= 11 is 6.15. The second kappa shape index (κ2) is 4.07. The van der Waals surface area contributed by atoms with Crippen molar-refractivity contribution in [1.82, 2.24) is 19.6 Å². The molecule has 5 heteroatoms. The molecule has 0 aliphatic heterocycles. The van der Waals surface area contributed by atoms with E-state index in [1.807, 2.05) is 0 Å². The molecule has 0 saturated heterocycles. The maximum Gasteiger partial charge on any atom is 0.180 e. The van der Waals surface area contributed by atoms with Gasteiger partial charge in [-0.3, -0.25) is 9.38 Å². The van der Waals surface area contributed by atoms with Crippen LogP contribution in [0.1, 0.15) is 11.1 Å². The summed E-state index contributed by atoms with van der Waals surface area (Å²) in [6, 6.07) is 6.26. The van der Waals surface area contributed by atoms with Crippen molar-refractivity contribution in [3.63, 3.8) is 0 Å². The summed E-state index contributed by atoms with van der Waals surface area (Å²) in [5.74, 6) is 0.740. The number of aryl methyl sites for hydroxylation is 2. The summed E-state index contributed by atoms with van der Waals surface area (Å²) in [4.78, 5) is 4.00. The van der Waals surface area contributed by atoms with Gasteiger partial charge in [-0.1, -0.05) is 28.8 Å². The number of fused-ring (bicyclic) bond motifs is 1. The molecular weight excluding hydrogens is 248 g/mol. The number of aromatic nitrogens is 4. The van der Waals surface area contributed by atoms with Gasteiger partial charge in [0.05, 0.1) is 12.4 Å². The molecule has 18 heavy (non-hydrogen) atoms. The van der Waals surface area contributed by atoms with Crippen LogP contribution in [-0.4, -0.2) is 19.6 Å². The fourth-order valence-electron chi connectivity index (χ4n) is 2.10. The first-order valence-corrected chi connectivity index (χ1v) is 5.96. The average molecular weight is 259 g/mol. The van der Waals surface area contributed by atoms with Crippen LogP contribution in [0.2, 0.25) is 5.15 Å². The molecule has 0 aliphatic rings. The summed E-state index contributed by atoms with van der Waals surface area (Å²) in [5, 5.41) is 8.78. The Kier molecular flexibility index (Phi) is 2.52. The fourth-order valence-corrected chi connectivity index (χ4v) is 2.33. The highest BCUT2D eigenvalue weighted by Gasteiger charge is 2.11. The van der Waals surface area contributed by atoms with Gasteiger partial charge < -0.3 is 0 Å². The van der Waals surface area contributed by atoms with E-state index in [2.05, 4.69) is 47.2 Å². The zero-order chi connectivity index (χ0) is 12.7. The lowest BCUT2D eigenvalue weighted by molar-refractivity contribution is 1.11. The van der Waals surface area contributed by atoms with E-state index in [9.17, 15) is 0 Å². The molecular formula is C13H11ClN4. The molecule has 0 atom stereocenters. The highest BCUT2D eigenvalue weighted by Crippen LogP contribution is 2.23. The molecule has 4 nitrogen and oxygen atoms in total. The quantitative estimate of drug-likeness (QED) is 0.674. The number of hydrogen-bond donors (Lipinski definition) is 0. The molecule has 0 radical (unpaired) electrons. The van der Waals surface area contributed by atoms with Gasteiger partial charge in [0.2, 0.25) is 0 Å². The SMILES string of the molecule is Cc1cc(C)cc(-c2nnc3cncc(Cl)n23)c1. The third kappa shape index (κ3) is 1.75. The van der Waals surface area contributed by atoms with E-state index in [1.54, 1.807) is 16.8 Å². The molecule has 0 N–H and O–H groups in total. The van der Waals surface area contributed by atoms with Gasteiger partial charge in [-0.05, 0) is 26.0 Å². The molecule has 1 aromatic carbocycles. The Morgan fingerprint density at radius 1 is 1.00 bits per heavy atom. The summed E-state index contributed by atoms with van der Waals surface area (Å²) in [5.41, 5.74) is 4.03. The first-order chi connectivity index (χ1) is 8.65. The van der Waals surface area contributed by atoms with Crippen LogP contribution in [0.15, 0.2) is 30.6 Å². The third-order valence-electron chi connectivity index (χ3n) is 2.75. The second-order valence-electron chi connectivity index (χ2n) is 4.32. The Balaban J connectivity index is 2.31. The van der Waals surface area contributed by atoms with E-state index in [0.717, 1.165) is 11.4 Å². The van der Waals surface area contributed by atoms with E-state index in [1.165, 1.54) is 11.1 Å². The van der Waals surface area contributed by atoms with Gasteiger partial charge in [0.25, 0.3) is 0 Å². The monoisotopic (exact) mass is 258 g/mol. The minimum atomic E-state index is 0.506. The minimum Gasteiger partial charge on any atom is -0.262 e. The van der Waals surface area contributed by atoms with Crippen LogP contribution in [0.5, 0.6) is 0 Å². The summed E-state index contributed by atoms with van der Waals surface area (Å²) < 4.78 is 1.79. The van der Waals surface area contributed by atoms with Crippen LogP contribution in [0.4, 0.5) is 0 Å². The van der Waals surface area contributed by atoms with Crippen LogP contribution in [0.25, 0.3) is 17.0 Å². The van der Waals surface area contributed by atoms with Crippen molar-refractivity contribution >= 4 is 17.2 Å². The van der Waals surface area contributed by atoms with Gasteiger partial charge in [-0.2, -0.15) is 0 Å². The van der Waals surface area contributed by atoms with E-state index in [0.29, 0.717) is 10.8 Å². The molecule has 0 amide bonds. The van der Waals surface area contributed by atoms with Crippen molar-refractivity contribution in [2.24, 2.45) is 0 Å². The maximum absolute atomic E-state index is 6.15. The number of benzene rings is 1. The lowest BCUT2D eigenvalue weighted by Gasteiger charge is -2.04. The van der Waals surface area contributed by atoms with Crippen LogP contribution < -0.4 is 0 Å². The van der Waals surface area contributed by atoms with Gasteiger partial charge in [0.15, 0.2) is 11.5 Å². The molecule has 0 aliphatic carbocycles. The van der Waals surface area contributed by atoms with E-state index in [4.69, 9.17) is 11.6 Å². The molecule has 2 aromatic heterocycles. The van der Waals surface area contributed by atoms with Crippen molar-refractivity contribution in [3.8, 4) is 11.4 Å². The van der Waals surface area contributed by atoms with Crippen LogP contribution >= 0.6 is 11.6 Å². The van der Waals surface area contributed by atoms with Crippen molar-refractivity contribution in [3.05, 3.63) is 46.9 Å². The molecule has 0 bridgehead atoms. The Bertz CT molecular complexity index is 713. The molecule has 3 rings (SSSR count). The van der Waals surface area contributed by atoms with Crippen molar-refractivity contribution in [1.29, 1.82) is 0 Å². The maximum atomic E-state index is 6.15. The molecule has 0 fully saturated rings. The summed E-state index contributed by atoms with van der Waals surface area (Å²) in [7, 11) is 0. The zero-order valence-electron chi connectivity index (χ0n) is 10.1. The van der Waals surface area contributed by atoms with Crippen LogP contribution in [0, 0.1) is 13.8 Å². The third-order valence-corrected chi connectivity index (χ3v) is 3.02. The highest BCUT2D eigenvalue weighted by atomic mass is 35.5.